The van der Waals surface area contributed by atoms with Gasteiger partial charge in [-0.15, -0.1) is 0 Å². The Morgan fingerprint density at radius 2 is 1.88 bits per heavy atom. The molecule has 0 aliphatic rings. The van der Waals surface area contributed by atoms with Crippen molar-refractivity contribution in [1.82, 2.24) is 15.3 Å². The summed E-state index contributed by atoms with van der Waals surface area (Å²) in [5, 5.41) is 2.90. The van der Waals surface area contributed by atoms with Crippen LogP contribution in [0.5, 0.6) is 5.88 Å². The van der Waals surface area contributed by atoms with E-state index in [0.717, 1.165) is 16.7 Å². The largest absolute Gasteiger partial charge is 0.481 e. The monoisotopic (exact) mass is 319 g/mol. The van der Waals surface area contributed by atoms with Crippen LogP contribution < -0.4 is 10.1 Å². The zero-order valence-electron chi connectivity index (χ0n) is 13.3. The van der Waals surface area contributed by atoms with E-state index >= 15 is 0 Å². The molecule has 3 aromatic rings. The molecular weight excluding hydrogens is 302 g/mol. The predicted octanol–water partition coefficient (Wildman–Crippen LogP) is 3.08. The van der Waals surface area contributed by atoms with E-state index in [1.165, 1.54) is 0 Å². The zero-order valence-corrected chi connectivity index (χ0v) is 13.3. The fraction of sp³-hybridized carbons (Fsp3) is 0.105. The summed E-state index contributed by atoms with van der Waals surface area (Å²) in [4.78, 5) is 20.6. The van der Waals surface area contributed by atoms with Crippen molar-refractivity contribution in [2.24, 2.45) is 0 Å². The fourth-order valence-electron chi connectivity index (χ4n) is 2.27. The van der Waals surface area contributed by atoms with Crippen LogP contribution in [0.2, 0.25) is 0 Å². The third kappa shape index (κ3) is 3.76. The van der Waals surface area contributed by atoms with Crippen LogP contribution in [0, 0.1) is 0 Å². The maximum Gasteiger partial charge on any atom is 0.253 e. The van der Waals surface area contributed by atoms with Gasteiger partial charge in [-0.05, 0) is 17.7 Å². The van der Waals surface area contributed by atoms with E-state index in [1.807, 2.05) is 36.4 Å². The lowest BCUT2D eigenvalue weighted by atomic mass is 10.1. The highest BCUT2D eigenvalue weighted by atomic mass is 16.5. The molecular formula is C19H17N3O2. The van der Waals surface area contributed by atoms with Crippen molar-refractivity contribution >= 4 is 5.91 Å². The van der Waals surface area contributed by atoms with Gasteiger partial charge in [0.25, 0.3) is 5.91 Å². The lowest BCUT2D eigenvalue weighted by Gasteiger charge is -2.07. The van der Waals surface area contributed by atoms with Gasteiger partial charge in [0.05, 0.1) is 12.7 Å². The number of pyridine rings is 2. The first kappa shape index (κ1) is 15.7. The smallest absolute Gasteiger partial charge is 0.253 e. The molecule has 24 heavy (non-hydrogen) atoms. The number of carbonyl (C=O) groups is 1. The van der Waals surface area contributed by atoms with Crippen LogP contribution >= 0.6 is 0 Å². The molecule has 1 N–H and O–H groups in total. The zero-order chi connectivity index (χ0) is 16.8. The second kappa shape index (κ2) is 7.37. The van der Waals surface area contributed by atoms with Crippen molar-refractivity contribution in [1.29, 1.82) is 0 Å². The Bertz CT molecular complexity index is 818. The minimum absolute atomic E-state index is 0.158. The minimum Gasteiger partial charge on any atom is -0.481 e. The van der Waals surface area contributed by atoms with Crippen molar-refractivity contribution in [3.05, 3.63) is 78.2 Å². The van der Waals surface area contributed by atoms with Gasteiger partial charge in [0.15, 0.2) is 0 Å². The van der Waals surface area contributed by atoms with Crippen LogP contribution in [0.1, 0.15) is 15.9 Å². The van der Waals surface area contributed by atoms with Crippen molar-refractivity contribution < 1.29 is 9.53 Å². The number of carbonyl (C=O) groups excluding carboxylic acids is 1. The molecule has 2 aromatic heterocycles. The molecule has 0 aliphatic carbocycles. The summed E-state index contributed by atoms with van der Waals surface area (Å²) in [5.41, 5.74) is 3.27. The molecule has 0 aliphatic heterocycles. The average molecular weight is 319 g/mol. The Morgan fingerprint density at radius 1 is 1.04 bits per heavy atom. The maximum atomic E-state index is 12.3. The van der Waals surface area contributed by atoms with Crippen molar-refractivity contribution in [3.63, 3.8) is 0 Å². The molecule has 0 saturated heterocycles. The number of nitrogens with one attached hydrogen (secondary N) is 1. The first-order valence-corrected chi connectivity index (χ1v) is 7.54. The van der Waals surface area contributed by atoms with E-state index in [4.69, 9.17) is 4.74 Å². The fourth-order valence-corrected chi connectivity index (χ4v) is 2.27. The van der Waals surface area contributed by atoms with Gasteiger partial charge < -0.3 is 10.1 Å². The van der Waals surface area contributed by atoms with Gasteiger partial charge in [-0.1, -0.05) is 30.3 Å². The third-order valence-electron chi connectivity index (χ3n) is 3.58. The SMILES string of the molecule is COc1ccc(-c2cncc(C(=O)NCc3ccccc3)c2)cn1. The molecule has 3 rings (SSSR count). The van der Waals surface area contributed by atoms with Crippen molar-refractivity contribution in [3.8, 4) is 17.0 Å². The standard InChI is InChI=1S/C19H17N3O2/c1-24-18-8-7-15(13-21-18)16-9-17(12-20-11-16)19(23)22-10-14-5-3-2-4-6-14/h2-9,11-13H,10H2,1H3,(H,22,23). The number of nitrogens with zero attached hydrogens (tertiary/aromatic N) is 2. The number of benzene rings is 1. The molecule has 120 valence electrons. The summed E-state index contributed by atoms with van der Waals surface area (Å²) in [7, 11) is 1.57. The van der Waals surface area contributed by atoms with Crippen LogP contribution in [-0.2, 0) is 6.54 Å². The van der Waals surface area contributed by atoms with Crippen molar-refractivity contribution in [2.75, 3.05) is 7.11 Å². The molecule has 1 amide bonds. The van der Waals surface area contributed by atoms with Gasteiger partial charge in [0.2, 0.25) is 5.88 Å². The van der Waals surface area contributed by atoms with E-state index in [9.17, 15) is 4.79 Å². The van der Waals surface area contributed by atoms with Gasteiger partial charge in [-0.2, -0.15) is 0 Å². The molecule has 1 aromatic carbocycles. The first-order valence-electron chi connectivity index (χ1n) is 7.54. The summed E-state index contributed by atoms with van der Waals surface area (Å²) < 4.78 is 5.05. The molecule has 0 saturated carbocycles. The maximum absolute atomic E-state index is 12.3. The quantitative estimate of drug-likeness (QED) is 0.785. The lowest BCUT2D eigenvalue weighted by molar-refractivity contribution is 0.0950. The van der Waals surface area contributed by atoms with Crippen LogP contribution in [0.25, 0.3) is 11.1 Å². The van der Waals surface area contributed by atoms with E-state index in [1.54, 1.807) is 37.8 Å². The Labute approximate surface area is 140 Å². The van der Waals surface area contributed by atoms with Crippen molar-refractivity contribution in [2.45, 2.75) is 6.54 Å². The second-order valence-corrected chi connectivity index (χ2v) is 5.22. The van der Waals surface area contributed by atoms with E-state index in [-0.39, 0.29) is 5.91 Å². The van der Waals surface area contributed by atoms with Crippen LogP contribution in [0.3, 0.4) is 0 Å². The average Bonchev–Trinajstić information content (AvgIpc) is 2.67. The first-order chi connectivity index (χ1) is 11.8. The van der Waals surface area contributed by atoms with Crippen LogP contribution in [-0.4, -0.2) is 23.0 Å². The molecule has 5 heteroatoms. The molecule has 2 heterocycles. The number of aromatic nitrogens is 2. The lowest BCUT2D eigenvalue weighted by Crippen LogP contribution is -2.22. The van der Waals surface area contributed by atoms with Gasteiger partial charge in [-0.25, -0.2) is 4.98 Å². The van der Waals surface area contributed by atoms with E-state index in [0.29, 0.717) is 18.0 Å². The molecule has 0 bridgehead atoms. The summed E-state index contributed by atoms with van der Waals surface area (Å²) in [6, 6.07) is 15.2. The number of methoxy groups -OCH3 is 1. The van der Waals surface area contributed by atoms with Crippen LogP contribution in [0.15, 0.2) is 67.1 Å². The molecule has 0 fully saturated rings. The summed E-state index contributed by atoms with van der Waals surface area (Å²) in [6.07, 6.45) is 4.96. The topological polar surface area (TPSA) is 64.1 Å². The number of rotatable bonds is 5. The van der Waals surface area contributed by atoms with Crippen LogP contribution in [0.4, 0.5) is 0 Å². The summed E-state index contributed by atoms with van der Waals surface area (Å²) >= 11 is 0. The Hall–Kier alpha value is -3.21. The molecule has 0 unspecified atom stereocenters. The molecule has 0 spiro atoms. The Kier molecular flexibility index (Phi) is 4.81. The van der Waals surface area contributed by atoms with E-state index in [2.05, 4.69) is 15.3 Å². The normalized spacial score (nSPS) is 10.2. The predicted molar refractivity (Wildman–Crippen MR) is 91.6 cm³/mol. The van der Waals surface area contributed by atoms with Gasteiger partial charge in [-0.3, -0.25) is 9.78 Å². The highest BCUT2D eigenvalue weighted by molar-refractivity contribution is 5.95. The molecule has 0 atom stereocenters. The summed E-state index contributed by atoms with van der Waals surface area (Å²) in [6.45, 7) is 0.480. The number of hydrogen-bond donors (Lipinski definition) is 1. The summed E-state index contributed by atoms with van der Waals surface area (Å²) in [5.74, 6) is 0.387. The van der Waals surface area contributed by atoms with E-state index < -0.39 is 0 Å². The number of hydrogen-bond acceptors (Lipinski definition) is 4. The third-order valence-corrected chi connectivity index (χ3v) is 3.58. The highest BCUT2D eigenvalue weighted by Gasteiger charge is 2.08. The highest BCUT2D eigenvalue weighted by Crippen LogP contribution is 2.20. The van der Waals surface area contributed by atoms with Gasteiger partial charge in [0, 0.05) is 42.3 Å². The Morgan fingerprint density at radius 3 is 2.58 bits per heavy atom. The van der Waals surface area contributed by atoms with Gasteiger partial charge >= 0.3 is 0 Å². The molecule has 0 radical (unpaired) electrons. The second-order valence-electron chi connectivity index (χ2n) is 5.22. The Balaban J connectivity index is 1.73. The van der Waals surface area contributed by atoms with Gasteiger partial charge in [0.1, 0.15) is 0 Å². The number of amides is 1. The number of ether oxygens (including phenoxy) is 1. The molecule has 5 nitrogen and oxygen atoms in total. The minimum atomic E-state index is -0.158.